The maximum atomic E-state index is 13.3. The standard InChI is InChI=1S/C13H15FN2O2/c14-11-4-2-1-3-9(11)8-15-12(17)7-13(18)16-10-5-6-10/h1-4,10H,5-8H2,(H,15,17)(H,16,18). The van der Waals surface area contributed by atoms with Crippen LogP contribution in [0.5, 0.6) is 0 Å². The number of hydrogen-bond acceptors (Lipinski definition) is 2. The lowest BCUT2D eigenvalue weighted by molar-refractivity contribution is -0.129. The summed E-state index contributed by atoms with van der Waals surface area (Å²) in [5, 5.41) is 5.25. The molecule has 0 bridgehead atoms. The van der Waals surface area contributed by atoms with Crippen LogP contribution in [0.2, 0.25) is 0 Å². The normalized spacial score (nSPS) is 14.1. The van der Waals surface area contributed by atoms with Gasteiger partial charge in [-0.05, 0) is 18.9 Å². The summed E-state index contributed by atoms with van der Waals surface area (Å²) in [5.41, 5.74) is 0.411. The summed E-state index contributed by atoms with van der Waals surface area (Å²) >= 11 is 0. The molecule has 0 aliphatic heterocycles. The third-order valence-corrected chi connectivity index (χ3v) is 2.70. The zero-order chi connectivity index (χ0) is 13.0. The van der Waals surface area contributed by atoms with Crippen LogP contribution in [-0.2, 0) is 16.1 Å². The van der Waals surface area contributed by atoms with Crippen LogP contribution in [-0.4, -0.2) is 17.9 Å². The number of benzene rings is 1. The average Bonchev–Trinajstić information content (AvgIpc) is 3.11. The maximum Gasteiger partial charge on any atom is 0.229 e. The molecule has 96 valence electrons. The molecule has 1 aliphatic rings. The first-order chi connectivity index (χ1) is 8.65. The zero-order valence-electron chi connectivity index (χ0n) is 9.91. The molecular weight excluding hydrogens is 235 g/mol. The molecule has 2 N–H and O–H groups in total. The van der Waals surface area contributed by atoms with Gasteiger partial charge in [-0.1, -0.05) is 18.2 Å². The second kappa shape index (κ2) is 5.62. The quantitative estimate of drug-likeness (QED) is 0.769. The Balaban J connectivity index is 1.74. The summed E-state index contributed by atoms with van der Waals surface area (Å²) in [5.74, 6) is -1.03. The van der Waals surface area contributed by atoms with Crippen molar-refractivity contribution in [2.75, 3.05) is 0 Å². The van der Waals surface area contributed by atoms with Crippen molar-refractivity contribution in [2.24, 2.45) is 0 Å². The van der Waals surface area contributed by atoms with Gasteiger partial charge in [-0.15, -0.1) is 0 Å². The molecule has 0 radical (unpaired) electrons. The van der Waals surface area contributed by atoms with Crippen molar-refractivity contribution in [3.05, 3.63) is 35.6 Å². The van der Waals surface area contributed by atoms with Crippen molar-refractivity contribution in [2.45, 2.75) is 31.8 Å². The second-order valence-corrected chi connectivity index (χ2v) is 4.39. The third kappa shape index (κ3) is 3.84. The van der Waals surface area contributed by atoms with Gasteiger partial charge in [-0.2, -0.15) is 0 Å². The van der Waals surface area contributed by atoms with Gasteiger partial charge in [-0.25, -0.2) is 4.39 Å². The van der Waals surface area contributed by atoms with Crippen molar-refractivity contribution in [1.82, 2.24) is 10.6 Å². The topological polar surface area (TPSA) is 58.2 Å². The van der Waals surface area contributed by atoms with Gasteiger partial charge < -0.3 is 10.6 Å². The highest BCUT2D eigenvalue weighted by molar-refractivity contribution is 5.97. The van der Waals surface area contributed by atoms with Crippen molar-refractivity contribution in [1.29, 1.82) is 0 Å². The van der Waals surface area contributed by atoms with Gasteiger partial charge in [-0.3, -0.25) is 9.59 Å². The minimum Gasteiger partial charge on any atom is -0.353 e. The molecule has 0 saturated heterocycles. The summed E-state index contributed by atoms with van der Waals surface area (Å²) in [6, 6.07) is 6.46. The van der Waals surface area contributed by atoms with E-state index in [1.807, 2.05) is 0 Å². The van der Waals surface area contributed by atoms with E-state index in [0.29, 0.717) is 5.56 Å². The van der Waals surface area contributed by atoms with Gasteiger partial charge >= 0.3 is 0 Å². The van der Waals surface area contributed by atoms with E-state index < -0.39 is 5.91 Å². The van der Waals surface area contributed by atoms with Crippen molar-refractivity contribution in [3.63, 3.8) is 0 Å². The molecule has 1 aromatic carbocycles. The number of nitrogens with one attached hydrogen (secondary N) is 2. The van der Waals surface area contributed by atoms with Crippen molar-refractivity contribution >= 4 is 11.8 Å². The molecule has 0 spiro atoms. The van der Waals surface area contributed by atoms with Gasteiger partial charge in [0, 0.05) is 18.2 Å². The van der Waals surface area contributed by atoms with Crippen LogP contribution in [0, 0.1) is 5.82 Å². The lowest BCUT2D eigenvalue weighted by atomic mass is 10.2. The number of hydrogen-bond donors (Lipinski definition) is 2. The SMILES string of the molecule is O=C(CC(=O)NC1CC1)NCc1ccccc1F. The molecule has 0 atom stereocenters. The lowest BCUT2D eigenvalue weighted by Gasteiger charge is -2.06. The van der Waals surface area contributed by atoms with Crippen molar-refractivity contribution < 1.29 is 14.0 Å². The Morgan fingerprint density at radius 3 is 2.61 bits per heavy atom. The van der Waals surface area contributed by atoms with Gasteiger partial charge in [0.1, 0.15) is 12.2 Å². The predicted molar refractivity (Wildman–Crippen MR) is 64.0 cm³/mol. The summed E-state index contributed by atoms with van der Waals surface area (Å²) in [6.07, 6.45) is 1.77. The highest BCUT2D eigenvalue weighted by Crippen LogP contribution is 2.18. The summed E-state index contributed by atoms with van der Waals surface area (Å²) < 4.78 is 13.3. The summed E-state index contributed by atoms with van der Waals surface area (Å²) in [4.78, 5) is 22.8. The Morgan fingerprint density at radius 2 is 1.94 bits per heavy atom. The third-order valence-electron chi connectivity index (χ3n) is 2.70. The Bertz CT molecular complexity index is 458. The molecule has 18 heavy (non-hydrogen) atoms. The van der Waals surface area contributed by atoms with E-state index >= 15 is 0 Å². The van der Waals surface area contributed by atoms with Crippen LogP contribution < -0.4 is 10.6 Å². The smallest absolute Gasteiger partial charge is 0.229 e. The van der Waals surface area contributed by atoms with E-state index in [9.17, 15) is 14.0 Å². The number of carbonyl (C=O) groups excluding carboxylic acids is 2. The predicted octanol–water partition coefficient (Wildman–Crippen LogP) is 1.11. The summed E-state index contributed by atoms with van der Waals surface area (Å²) in [7, 11) is 0. The Kier molecular flexibility index (Phi) is 3.92. The zero-order valence-corrected chi connectivity index (χ0v) is 9.91. The maximum absolute atomic E-state index is 13.3. The van der Waals surface area contributed by atoms with E-state index in [1.165, 1.54) is 6.07 Å². The van der Waals surface area contributed by atoms with Gasteiger partial charge in [0.15, 0.2) is 0 Å². The van der Waals surface area contributed by atoms with Crippen LogP contribution in [0.25, 0.3) is 0 Å². The minimum atomic E-state index is -0.392. The molecule has 1 fully saturated rings. The molecule has 0 aromatic heterocycles. The first-order valence-corrected chi connectivity index (χ1v) is 5.94. The lowest BCUT2D eigenvalue weighted by Crippen LogP contribution is -2.32. The molecule has 0 heterocycles. The van der Waals surface area contributed by atoms with Gasteiger partial charge in [0.25, 0.3) is 0 Å². The number of halogens is 1. The monoisotopic (exact) mass is 250 g/mol. The van der Waals surface area contributed by atoms with E-state index in [1.54, 1.807) is 18.2 Å². The molecule has 2 amide bonds. The Labute approximate surface area is 105 Å². The number of carbonyl (C=O) groups is 2. The van der Waals surface area contributed by atoms with Crippen molar-refractivity contribution in [3.8, 4) is 0 Å². The fourth-order valence-corrected chi connectivity index (χ4v) is 1.55. The molecule has 1 aliphatic carbocycles. The van der Waals surface area contributed by atoms with Gasteiger partial charge in [0.05, 0.1) is 0 Å². The number of amides is 2. The molecule has 4 nitrogen and oxygen atoms in total. The van der Waals surface area contributed by atoms with Crippen LogP contribution >= 0.6 is 0 Å². The first kappa shape index (κ1) is 12.5. The highest BCUT2D eigenvalue weighted by atomic mass is 19.1. The molecular formula is C13H15FN2O2. The van der Waals surface area contributed by atoms with E-state index in [0.717, 1.165) is 12.8 Å². The molecule has 5 heteroatoms. The first-order valence-electron chi connectivity index (χ1n) is 5.94. The average molecular weight is 250 g/mol. The van der Waals surface area contributed by atoms with Crippen LogP contribution in [0.3, 0.4) is 0 Å². The van der Waals surface area contributed by atoms with E-state index in [2.05, 4.69) is 10.6 Å². The molecule has 2 rings (SSSR count). The van der Waals surface area contributed by atoms with Crippen LogP contribution in [0.15, 0.2) is 24.3 Å². The van der Waals surface area contributed by atoms with Crippen LogP contribution in [0.1, 0.15) is 24.8 Å². The Morgan fingerprint density at radius 1 is 1.22 bits per heavy atom. The molecule has 1 aromatic rings. The van der Waals surface area contributed by atoms with Crippen LogP contribution in [0.4, 0.5) is 4.39 Å². The second-order valence-electron chi connectivity index (χ2n) is 4.39. The highest BCUT2D eigenvalue weighted by Gasteiger charge is 2.23. The van der Waals surface area contributed by atoms with Gasteiger partial charge in [0.2, 0.25) is 11.8 Å². The minimum absolute atomic E-state index is 0.0994. The molecule has 0 unspecified atom stereocenters. The summed E-state index contributed by atoms with van der Waals surface area (Å²) in [6.45, 7) is 0.0994. The number of rotatable bonds is 5. The fraction of sp³-hybridized carbons (Fsp3) is 0.385. The molecule has 1 saturated carbocycles. The largest absolute Gasteiger partial charge is 0.353 e. The van der Waals surface area contributed by atoms with E-state index in [4.69, 9.17) is 0 Å². The van der Waals surface area contributed by atoms with E-state index in [-0.39, 0.29) is 30.7 Å². The Hall–Kier alpha value is -1.91. The fourth-order valence-electron chi connectivity index (χ4n) is 1.55.